The molecule has 1 aromatic heterocycles. The molecule has 0 aliphatic rings. The van der Waals surface area contributed by atoms with E-state index in [1.165, 1.54) is 7.11 Å². The van der Waals surface area contributed by atoms with Gasteiger partial charge in [0.05, 0.1) is 7.11 Å². The van der Waals surface area contributed by atoms with Crippen molar-refractivity contribution in [2.24, 2.45) is 0 Å². The summed E-state index contributed by atoms with van der Waals surface area (Å²) < 4.78 is 26.6. The Morgan fingerprint density at radius 2 is 2.00 bits per heavy atom. The normalized spacial score (nSPS) is 11.3. The highest BCUT2D eigenvalue weighted by Gasteiger charge is 2.10. The second-order valence-electron chi connectivity index (χ2n) is 2.67. The summed E-state index contributed by atoms with van der Waals surface area (Å²) in [5.74, 6) is -0.261. The summed E-state index contributed by atoms with van der Waals surface area (Å²) in [4.78, 5) is 11.0. The highest BCUT2D eigenvalue weighted by molar-refractivity contribution is 7.89. The van der Waals surface area contributed by atoms with E-state index in [9.17, 15) is 8.42 Å². The van der Waals surface area contributed by atoms with Crippen LogP contribution in [0.4, 0.5) is 5.95 Å². The first-order valence-electron chi connectivity index (χ1n) is 3.63. The van der Waals surface area contributed by atoms with Gasteiger partial charge in [-0.05, 0) is 0 Å². The van der Waals surface area contributed by atoms with Crippen LogP contribution in [0.5, 0.6) is 6.01 Å². The Labute approximate surface area is 81.3 Å². The Balaban J connectivity index is 3.04. The molecule has 0 amide bonds. The number of hydrogen-bond acceptors (Lipinski definition) is 7. The Morgan fingerprint density at radius 3 is 2.50 bits per heavy atom. The van der Waals surface area contributed by atoms with Crippen molar-refractivity contribution >= 4 is 15.8 Å². The smallest absolute Gasteiger partial charge is 0.321 e. The van der Waals surface area contributed by atoms with Crippen molar-refractivity contribution in [3.05, 3.63) is 5.82 Å². The minimum Gasteiger partial charge on any atom is -0.467 e. The van der Waals surface area contributed by atoms with Crippen LogP contribution in [0.15, 0.2) is 0 Å². The first kappa shape index (κ1) is 10.6. The van der Waals surface area contributed by atoms with Crippen LogP contribution in [0, 0.1) is 0 Å². The maximum absolute atomic E-state index is 10.9. The monoisotopic (exact) mass is 218 g/mol. The number of nitrogens with two attached hydrogens (primary N) is 1. The molecule has 0 aliphatic heterocycles. The molecule has 0 atom stereocenters. The van der Waals surface area contributed by atoms with E-state index in [1.54, 1.807) is 0 Å². The van der Waals surface area contributed by atoms with Crippen molar-refractivity contribution in [1.82, 2.24) is 15.0 Å². The quantitative estimate of drug-likeness (QED) is 0.693. The average molecular weight is 218 g/mol. The van der Waals surface area contributed by atoms with Crippen LogP contribution >= 0.6 is 0 Å². The minimum atomic E-state index is -3.18. The molecule has 78 valence electrons. The van der Waals surface area contributed by atoms with Gasteiger partial charge >= 0.3 is 6.01 Å². The molecule has 0 saturated heterocycles. The number of nitrogens with zero attached hydrogens (tertiary/aromatic N) is 3. The Bertz CT molecular complexity index is 431. The zero-order valence-electron chi connectivity index (χ0n) is 7.76. The molecule has 0 radical (unpaired) electrons. The van der Waals surface area contributed by atoms with E-state index in [1.807, 2.05) is 0 Å². The highest BCUT2D eigenvalue weighted by atomic mass is 32.2. The largest absolute Gasteiger partial charge is 0.467 e. The van der Waals surface area contributed by atoms with Gasteiger partial charge in [-0.2, -0.15) is 15.0 Å². The van der Waals surface area contributed by atoms with Crippen LogP contribution in [0.1, 0.15) is 5.82 Å². The summed E-state index contributed by atoms with van der Waals surface area (Å²) in [5.41, 5.74) is 5.32. The van der Waals surface area contributed by atoms with Crippen LogP contribution < -0.4 is 10.5 Å². The molecule has 0 aliphatic carbocycles. The number of nitrogen functional groups attached to an aromatic ring is 1. The fraction of sp³-hybridized carbons (Fsp3) is 0.500. The molecule has 0 saturated carbocycles. The maximum Gasteiger partial charge on any atom is 0.321 e. The number of aromatic nitrogens is 3. The molecule has 1 heterocycles. The zero-order chi connectivity index (χ0) is 10.8. The lowest BCUT2D eigenvalue weighted by molar-refractivity contribution is 0.377. The van der Waals surface area contributed by atoms with Crippen molar-refractivity contribution in [3.63, 3.8) is 0 Å². The minimum absolute atomic E-state index is 0.0103. The molecular weight excluding hydrogens is 208 g/mol. The highest BCUT2D eigenvalue weighted by Crippen LogP contribution is 2.06. The van der Waals surface area contributed by atoms with Crippen LogP contribution in [0.2, 0.25) is 0 Å². The van der Waals surface area contributed by atoms with Crippen LogP contribution in [-0.2, 0) is 15.6 Å². The predicted octanol–water partition coefficient (Wildman–Crippen LogP) is -0.993. The number of methoxy groups -OCH3 is 1. The Morgan fingerprint density at radius 1 is 1.36 bits per heavy atom. The molecule has 1 rings (SSSR count). The first-order chi connectivity index (χ1) is 6.40. The molecule has 0 spiro atoms. The molecule has 7 nitrogen and oxygen atoms in total. The van der Waals surface area contributed by atoms with E-state index in [0.717, 1.165) is 6.26 Å². The van der Waals surface area contributed by atoms with Crippen molar-refractivity contribution < 1.29 is 13.2 Å². The van der Waals surface area contributed by atoms with Crippen LogP contribution in [0.25, 0.3) is 0 Å². The second kappa shape index (κ2) is 3.74. The standard InChI is InChI=1S/C6H10N4O3S/c1-13-6-9-4(3-14(2,11)12)8-5(7)10-6/h3H2,1-2H3,(H2,7,8,9,10). The molecule has 2 N–H and O–H groups in total. The molecule has 0 bridgehead atoms. The van der Waals surface area contributed by atoms with Gasteiger partial charge in [-0.1, -0.05) is 0 Å². The van der Waals surface area contributed by atoms with Crippen molar-refractivity contribution in [2.45, 2.75) is 5.75 Å². The van der Waals surface area contributed by atoms with E-state index in [0.29, 0.717) is 0 Å². The number of anilines is 1. The SMILES string of the molecule is COc1nc(N)nc(CS(C)(=O)=O)n1. The van der Waals surface area contributed by atoms with E-state index in [4.69, 9.17) is 10.5 Å². The number of rotatable bonds is 3. The van der Waals surface area contributed by atoms with Gasteiger partial charge in [0.15, 0.2) is 15.7 Å². The second-order valence-corrected chi connectivity index (χ2v) is 4.81. The lowest BCUT2D eigenvalue weighted by atomic mass is 10.7. The number of ether oxygens (including phenoxy) is 1. The summed E-state index contributed by atoms with van der Waals surface area (Å²) in [6, 6.07) is 0.0103. The molecule has 1 aromatic rings. The van der Waals surface area contributed by atoms with Gasteiger partial charge in [-0.3, -0.25) is 0 Å². The molecule has 0 fully saturated rings. The van der Waals surface area contributed by atoms with Crippen LogP contribution in [0.3, 0.4) is 0 Å². The van der Waals surface area contributed by atoms with Gasteiger partial charge in [0.2, 0.25) is 5.95 Å². The van der Waals surface area contributed by atoms with Crippen molar-refractivity contribution in [2.75, 3.05) is 19.1 Å². The van der Waals surface area contributed by atoms with Gasteiger partial charge in [0.25, 0.3) is 0 Å². The first-order valence-corrected chi connectivity index (χ1v) is 5.69. The van der Waals surface area contributed by atoms with Gasteiger partial charge in [-0.25, -0.2) is 8.42 Å². The van der Waals surface area contributed by atoms with E-state index >= 15 is 0 Å². The van der Waals surface area contributed by atoms with E-state index in [-0.39, 0.29) is 23.5 Å². The molecular formula is C6H10N4O3S. The third-order valence-electron chi connectivity index (χ3n) is 1.25. The topological polar surface area (TPSA) is 108 Å². The number of sulfone groups is 1. The number of hydrogen-bond donors (Lipinski definition) is 1. The maximum atomic E-state index is 10.9. The molecule has 8 heteroatoms. The lowest BCUT2D eigenvalue weighted by Gasteiger charge is -2.01. The summed E-state index contributed by atoms with van der Waals surface area (Å²) in [6.07, 6.45) is 1.08. The summed E-state index contributed by atoms with van der Waals surface area (Å²) in [6.45, 7) is 0. The summed E-state index contributed by atoms with van der Waals surface area (Å²) in [5, 5.41) is 0. The van der Waals surface area contributed by atoms with Crippen LogP contribution in [-0.4, -0.2) is 36.7 Å². The van der Waals surface area contributed by atoms with Crippen molar-refractivity contribution in [1.29, 1.82) is 0 Å². The van der Waals surface area contributed by atoms with Gasteiger partial charge in [0.1, 0.15) is 5.75 Å². The molecule has 14 heavy (non-hydrogen) atoms. The van der Waals surface area contributed by atoms with E-state index < -0.39 is 9.84 Å². The predicted molar refractivity (Wildman–Crippen MR) is 49.3 cm³/mol. The van der Waals surface area contributed by atoms with Gasteiger partial charge < -0.3 is 10.5 Å². The third kappa shape index (κ3) is 3.13. The van der Waals surface area contributed by atoms with Gasteiger partial charge in [-0.15, -0.1) is 0 Å². The van der Waals surface area contributed by atoms with Gasteiger partial charge in [0, 0.05) is 6.26 Å². The fourth-order valence-electron chi connectivity index (χ4n) is 0.806. The average Bonchev–Trinajstić information content (AvgIpc) is 1.99. The molecule has 0 aromatic carbocycles. The fourth-order valence-corrected chi connectivity index (χ4v) is 1.40. The summed E-state index contributed by atoms with van der Waals surface area (Å²) >= 11 is 0. The zero-order valence-corrected chi connectivity index (χ0v) is 8.58. The molecule has 0 unspecified atom stereocenters. The summed E-state index contributed by atoms with van der Waals surface area (Å²) in [7, 11) is -1.82. The third-order valence-corrected chi connectivity index (χ3v) is 2.03. The lowest BCUT2D eigenvalue weighted by Crippen LogP contribution is -2.09. The Kier molecular flexibility index (Phi) is 2.84. The van der Waals surface area contributed by atoms with Crippen molar-refractivity contribution in [3.8, 4) is 6.01 Å². The van der Waals surface area contributed by atoms with E-state index in [2.05, 4.69) is 15.0 Å². The Hall–Kier alpha value is -1.44.